The van der Waals surface area contributed by atoms with Gasteiger partial charge in [-0.3, -0.25) is 9.69 Å². The summed E-state index contributed by atoms with van der Waals surface area (Å²) in [7, 11) is 0. The molecule has 6 heteroatoms. The van der Waals surface area contributed by atoms with Crippen molar-refractivity contribution in [2.45, 2.75) is 43.7 Å². The summed E-state index contributed by atoms with van der Waals surface area (Å²) in [6, 6.07) is 16.2. The monoisotopic (exact) mass is 391 g/mol. The second-order valence-corrected chi connectivity index (χ2v) is 8.15. The lowest BCUT2D eigenvalue weighted by Crippen LogP contribution is -2.47. The van der Waals surface area contributed by atoms with Gasteiger partial charge in [-0.15, -0.1) is 0 Å². The molecule has 1 aliphatic heterocycles. The first kappa shape index (κ1) is 18.2. The number of hydrogen-bond acceptors (Lipinski definition) is 5. The molecule has 1 saturated heterocycles. The molecule has 1 aromatic carbocycles. The molecule has 5 rings (SSSR count). The van der Waals surface area contributed by atoms with Crippen molar-refractivity contribution in [3.63, 3.8) is 0 Å². The molecule has 1 N–H and O–H groups in total. The topological polar surface area (TPSA) is 71.5 Å². The van der Waals surface area contributed by atoms with Gasteiger partial charge in [0.05, 0.1) is 17.4 Å². The Morgan fingerprint density at radius 2 is 1.90 bits per heavy atom. The summed E-state index contributed by atoms with van der Waals surface area (Å²) in [6.45, 7) is 2.97. The van der Waals surface area contributed by atoms with Crippen LogP contribution in [-0.2, 0) is 16.8 Å². The third kappa shape index (κ3) is 3.72. The van der Waals surface area contributed by atoms with Crippen LogP contribution in [0.3, 0.4) is 0 Å². The molecule has 1 amide bonds. The van der Waals surface area contributed by atoms with Gasteiger partial charge in [-0.1, -0.05) is 35.5 Å². The predicted octanol–water partition coefficient (Wildman–Crippen LogP) is 3.75. The van der Waals surface area contributed by atoms with Crippen LogP contribution in [0.25, 0.3) is 11.5 Å². The lowest BCUT2D eigenvalue weighted by Gasteiger charge is -2.33. The van der Waals surface area contributed by atoms with Gasteiger partial charge < -0.3 is 14.3 Å². The van der Waals surface area contributed by atoms with Crippen molar-refractivity contribution in [2.75, 3.05) is 13.1 Å². The third-order valence-corrected chi connectivity index (χ3v) is 6.12. The Bertz CT molecular complexity index is 952. The molecule has 0 unspecified atom stereocenters. The summed E-state index contributed by atoms with van der Waals surface area (Å²) in [5, 5.41) is 7.45. The molecule has 1 saturated carbocycles. The zero-order valence-electron chi connectivity index (χ0n) is 16.3. The van der Waals surface area contributed by atoms with Gasteiger partial charge in [0.1, 0.15) is 0 Å². The summed E-state index contributed by atoms with van der Waals surface area (Å²) in [5.41, 5.74) is 1.52. The van der Waals surface area contributed by atoms with E-state index < -0.39 is 5.41 Å². The quantitative estimate of drug-likeness (QED) is 0.693. The summed E-state index contributed by atoms with van der Waals surface area (Å²) in [6.07, 6.45) is 5.18. The highest BCUT2D eigenvalue weighted by atomic mass is 16.5. The number of benzene rings is 1. The summed E-state index contributed by atoms with van der Waals surface area (Å²) in [4.78, 5) is 15.5. The van der Waals surface area contributed by atoms with Crippen molar-refractivity contribution < 1.29 is 13.7 Å². The maximum atomic E-state index is 13.0. The highest BCUT2D eigenvalue weighted by Crippen LogP contribution is 2.48. The van der Waals surface area contributed by atoms with E-state index in [1.54, 1.807) is 12.3 Å². The Hall–Kier alpha value is -2.86. The number of nitrogens with one attached hydrogen (secondary N) is 1. The number of rotatable bonds is 6. The molecule has 0 spiro atoms. The Morgan fingerprint density at radius 3 is 2.59 bits per heavy atom. The Morgan fingerprint density at radius 1 is 1.10 bits per heavy atom. The number of carbonyl (C=O) groups excluding carboxylic acids is 1. The minimum absolute atomic E-state index is 0.0818. The lowest BCUT2D eigenvalue weighted by atomic mass is 9.98. The van der Waals surface area contributed by atoms with E-state index in [0.29, 0.717) is 17.2 Å². The number of carbonyl (C=O) groups is 1. The second-order valence-electron chi connectivity index (χ2n) is 8.15. The Labute approximate surface area is 169 Å². The number of hydrogen-bond donors (Lipinski definition) is 1. The van der Waals surface area contributed by atoms with Crippen molar-refractivity contribution >= 4 is 5.91 Å². The van der Waals surface area contributed by atoms with E-state index in [0.717, 1.165) is 45.3 Å². The van der Waals surface area contributed by atoms with Gasteiger partial charge in [-0.2, -0.15) is 0 Å². The van der Waals surface area contributed by atoms with Gasteiger partial charge in [-0.25, -0.2) is 0 Å². The fourth-order valence-electron chi connectivity index (χ4n) is 4.16. The van der Waals surface area contributed by atoms with Crippen molar-refractivity contribution in [1.29, 1.82) is 0 Å². The summed E-state index contributed by atoms with van der Waals surface area (Å²) in [5.74, 6) is 1.28. The third-order valence-electron chi connectivity index (χ3n) is 6.12. The van der Waals surface area contributed by atoms with Crippen molar-refractivity contribution in [2.24, 2.45) is 0 Å². The second kappa shape index (κ2) is 7.52. The van der Waals surface area contributed by atoms with Crippen LogP contribution in [0, 0.1) is 0 Å². The minimum Gasteiger partial charge on any atom is -0.461 e. The largest absolute Gasteiger partial charge is 0.461 e. The number of aromatic nitrogens is 1. The molecule has 3 aromatic rings. The zero-order chi connectivity index (χ0) is 19.7. The fraction of sp³-hybridized carbons (Fsp3) is 0.391. The van der Waals surface area contributed by atoms with Gasteiger partial charge in [0.15, 0.2) is 5.76 Å². The van der Waals surface area contributed by atoms with E-state index in [4.69, 9.17) is 8.94 Å². The molecule has 2 fully saturated rings. The van der Waals surface area contributed by atoms with E-state index in [2.05, 4.69) is 39.6 Å². The lowest BCUT2D eigenvalue weighted by molar-refractivity contribution is -0.124. The van der Waals surface area contributed by atoms with Gasteiger partial charge >= 0.3 is 0 Å². The molecule has 0 bridgehead atoms. The maximum Gasteiger partial charge on any atom is 0.232 e. The summed E-state index contributed by atoms with van der Waals surface area (Å²) < 4.78 is 10.8. The van der Waals surface area contributed by atoms with Crippen LogP contribution in [-0.4, -0.2) is 35.1 Å². The molecular weight excluding hydrogens is 366 g/mol. The van der Waals surface area contributed by atoms with Gasteiger partial charge in [-0.05, 0) is 43.4 Å². The molecule has 6 nitrogen and oxygen atoms in total. The van der Waals surface area contributed by atoms with Crippen LogP contribution < -0.4 is 5.32 Å². The average Bonchev–Trinajstić information content (AvgIpc) is 3.15. The highest BCUT2D eigenvalue weighted by molar-refractivity contribution is 5.91. The van der Waals surface area contributed by atoms with Crippen LogP contribution >= 0.6 is 0 Å². The van der Waals surface area contributed by atoms with Crippen molar-refractivity contribution in [1.82, 2.24) is 15.4 Å². The Kier molecular flexibility index (Phi) is 4.72. The molecule has 2 aromatic heterocycles. The Balaban J connectivity index is 1.17. The summed E-state index contributed by atoms with van der Waals surface area (Å²) >= 11 is 0. The molecule has 1 aliphatic carbocycles. The first-order valence-corrected chi connectivity index (χ1v) is 10.3. The molecule has 0 atom stereocenters. The molecule has 29 heavy (non-hydrogen) atoms. The van der Waals surface area contributed by atoms with E-state index in [1.807, 2.05) is 18.2 Å². The zero-order valence-corrected chi connectivity index (χ0v) is 16.3. The SMILES string of the molecule is O=C(NC1CCN(Cc2ccccc2)CC1)C1(c2cc(-c3ccco3)on2)CC1. The van der Waals surface area contributed by atoms with Crippen LogP contribution in [0.5, 0.6) is 0 Å². The van der Waals surface area contributed by atoms with Crippen molar-refractivity contribution in [3.05, 3.63) is 66.1 Å². The minimum atomic E-state index is -0.532. The number of nitrogens with zero attached hydrogens (tertiary/aromatic N) is 2. The average molecular weight is 391 g/mol. The number of furan rings is 1. The number of piperidine rings is 1. The van der Waals surface area contributed by atoms with Crippen LogP contribution in [0.15, 0.2) is 63.7 Å². The molecular formula is C23H25N3O3. The van der Waals surface area contributed by atoms with Gasteiger partial charge in [0.25, 0.3) is 0 Å². The normalized spacial score (nSPS) is 19.2. The van der Waals surface area contributed by atoms with E-state index >= 15 is 0 Å². The van der Waals surface area contributed by atoms with Crippen molar-refractivity contribution in [3.8, 4) is 11.5 Å². The van der Waals surface area contributed by atoms with Crippen LogP contribution in [0.1, 0.15) is 36.9 Å². The smallest absolute Gasteiger partial charge is 0.232 e. The van der Waals surface area contributed by atoms with Crippen LogP contribution in [0.4, 0.5) is 0 Å². The standard InChI is InChI=1S/C23H25N3O3/c27-22(23(10-11-23)21-15-20(29-25-21)19-7-4-14-28-19)24-18-8-12-26(13-9-18)16-17-5-2-1-3-6-17/h1-7,14-15,18H,8-13,16H2,(H,24,27). The fourth-order valence-corrected chi connectivity index (χ4v) is 4.16. The first-order chi connectivity index (χ1) is 14.2. The molecule has 3 heterocycles. The van der Waals surface area contributed by atoms with Gasteiger partial charge in [0, 0.05) is 31.7 Å². The molecule has 0 radical (unpaired) electrons. The predicted molar refractivity (Wildman–Crippen MR) is 108 cm³/mol. The van der Waals surface area contributed by atoms with Crippen LogP contribution in [0.2, 0.25) is 0 Å². The highest BCUT2D eigenvalue weighted by Gasteiger charge is 2.54. The number of likely N-dealkylation sites (tertiary alicyclic amines) is 1. The van der Waals surface area contributed by atoms with E-state index in [9.17, 15) is 4.79 Å². The maximum absolute atomic E-state index is 13.0. The van der Waals surface area contributed by atoms with E-state index in [-0.39, 0.29) is 11.9 Å². The van der Waals surface area contributed by atoms with E-state index in [1.165, 1.54) is 5.56 Å². The molecule has 2 aliphatic rings. The number of amides is 1. The first-order valence-electron chi connectivity index (χ1n) is 10.3. The van der Waals surface area contributed by atoms with Gasteiger partial charge in [0.2, 0.25) is 11.7 Å². The molecule has 150 valence electrons.